The van der Waals surface area contributed by atoms with Gasteiger partial charge in [-0.25, -0.2) is 4.79 Å². The van der Waals surface area contributed by atoms with Gasteiger partial charge in [-0.1, -0.05) is 35.9 Å². The molecule has 0 unspecified atom stereocenters. The number of benzene rings is 2. The van der Waals surface area contributed by atoms with Crippen LogP contribution >= 0.6 is 11.6 Å². The standard InChI is InChI=1S/C24H28ClN3O3/c1-24(2,3)31-23(29)27-14-6-7-19(27)16-30-22-26-20-8-4-5-9-21(20)28(22)15-17-10-12-18(25)13-11-17/h4-5,8-13,19H,6-7,14-16H2,1-3H3/t19-/m1/s1. The Balaban J connectivity index is 1.53. The van der Waals surface area contributed by atoms with Gasteiger partial charge in [0.05, 0.1) is 23.6 Å². The predicted octanol–water partition coefficient (Wildman–Crippen LogP) is 5.52. The van der Waals surface area contributed by atoms with E-state index in [4.69, 9.17) is 26.1 Å². The van der Waals surface area contributed by atoms with Crippen LogP contribution in [-0.4, -0.2) is 45.3 Å². The normalized spacial score (nSPS) is 16.6. The first kappa shape index (κ1) is 21.5. The third-order valence-corrected chi connectivity index (χ3v) is 5.54. The number of imidazole rings is 1. The van der Waals surface area contributed by atoms with Crippen LogP contribution in [0, 0.1) is 0 Å². The lowest BCUT2D eigenvalue weighted by Gasteiger charge is -2.28. The Hall–Kier alpha value is -2.73. The summed E-state index contributed by atoms with van der Waals surface area (Å²) in [6.45, 7) is 7.32. The number of halogens is 1. The van der Waals surface area contributed by atoms with Gasteiger partial charge < -0.3 is 14.4 Å². The predicted molar refractivity (Wildman–Crippen MR) is 122 cm³/mol. The minimum atomic E-state index is -0.516. The molecule has 1 aliphatic heterocycles. The van der Waals surface area contributed by atoms with Crippen LogP contribution in [0.25, 0.3) is 11.0 Å². The minimum absolute atomic E-state index is 0.0290. The van der Waals surface area contributed by atoms with Crippen molar-refractivity contribution in [2.45, 2.75) is 51.8 Å². The van der Waals surface area contributed by atoms with Gasteiger partial charge in [0.2, 0.25) is 0 Å². The Kier molecular flexibility index (Phi) is 6.10. The van der Waals surface area contributed by atoms with Gasteiger partial charge in [0, 0.05) is 11.6 Å². The summed E-state index contributed by atoms with van der Waals surface area (Å²) in [6, 6.07) is 16.3. The van der Waals surface area contributed by atoms with Gasteiger partial charge in [0.1, 0.15) is 12.2 Å². The molecule has 7 heteroatoms. The first-order valence-electron chi connectivity index (χ1n) is 10.6. The molecular weight excluding hydrogens is 414 g/mol. The highest BCUT2D eigenvalue weighted by atomic mass is 35.5. The number of ether oxygens (including phenoxy) is 2. The first-order chi connectivity index (χ1) is 14.8. The summed E-state index contributed by atoms with van der Waals surface area (Å²) < 4.78 is 13.8. The van der Waals surface area contributed by atoms with E-state index in [-0.39, 0.29) is 12.1 Å². The number of fused-ring (bicyclic) bond motifs is 1. The molecule has 0 saturated carbocycles. The molecule has 0 aliphatic carbocycles. The monoisotopic (exact) mass is 441 g/mol. The van der Waals surface area contributed by atoms with Crippen molar-refractivity contribution in [3.8, 4) is 6.01 Å². The maximum atomic E-state index is 12.6. The Morgan fingerprint density at radius 2 is 1.90 bits per heavy atom. The molecule has 1 atom stereocenters. The van der Waals surface area contributed by atoms with Gasteiger partial charge in [0.25, 0.3) is 6.01 Å². The van der Waals surface area contributed by atoms with Gasteiger partial charge in [-0.2, -0.15) is 4.98 Å². The molecule has 0 N–H and O–H groups in total. The Labute approximate surface area is 187 Å². The summed E-state index contributed by atoms with van der Waals surface area (Å²) in [5, 5.41) is 0.708. The number of carbonyl (C=O) groups excluding carboxylic acids is 1. The zero-order valence-corrected chi connectivity index (χ0v) is 18.9. The van der Waals surface area contributed by atoms with Crippen LogP contribution in [0.15, 0.2) is 48.5 Å². The molecule has 31 heavy (non-hydrogen) atoms. The lowest BCUT2D eigenvalue weighted by atomic mass is 10.2. The molecule has 0 radical (unpaired) electrons. The molecule has 1 saturated heterocycles. The SMILES string of the molecule is CC(C)(C)OC(=O)N1CCC[C@@H]1COc1nc2ccccc2n1Cc1ccc(Cl)cc1. The average molecular weight is 442 g/mol. The second-order valence-corrected chi connectivity index (χ2v) is 9.31. The maximum Gasteiger partial charge on any atom is 0.410 e. The fourth-order valence-electron chi connectivity index (χ4n) is 3.83. The van der Waals surface area contributed by atoms with Crippen LogP contribution in [0.3, 0.4) is 0 Å². The first-order valence-corrected chi connectivity index (χ1v) is 11.0. The molecule has 1 amide bonds. The molecule has 0 bridgehead atoms. The number of rotatable bonds is 5. The van der Waals surface area contributed by atoms with E-state index in [9.17, 15) is 4.79 Å². The van der Waals surface area contributed by atoms with Gasteiger partial charge in [-0.05, 0) is 63.4 Å². The van der Waals surface area contributed by atoms with Crippen molar-refractivity contribution in [3.63, 3.8) is 0 Å². The fourth-order valence-corrected chi connectivity index (χ4v) is 3.96. The highest BCUT2D eigenvalue weighted by Crippen LogP contribution is 2.26. The maximum absolute atomic E-state index is 12.6. The summed E-state index contributed by atoms with van der Waals surface area (Å²) in [7, 11) is 0. The third kappa shape index (κ3) is 5.13. The highest BCUT2D eigenvalue weighted by Gasteiger charge is 2.33. The number of hydrogen-bond donors (Lipinski definition) is 0. The van der Waals surface area contributed by atoms with Crippen molar-refractivity contribution < 1.29 is 14.3 Å². The number of hydrogen-bond acceptors (Lipinski definition) is 4. The topological polar surface area (TPSA) is 56.6 Å². The van der Waals surface area contributed by atoms with E-state index in [0.29, 0.717) is 30.7 Å². The van der Waals surface area contributed by atoms with Crippen LogP contribution in [0.5, 0.6) is 6.01 Å². The molecule has 1 aromatic heterocycles. The number of aromatic nitrogens is 2. The number of para-hydroxylation sites is 2. The summed E-state index contributed by atoms with van der Waals surface area (Å²) in [6.07, 6.45) is 1.54. The fraction of sp³-hybridized carbons (Fsp3) is 0.417. The lowest BCUT2D eigenvalue weighted by molar-refractivity contribution is 0.0183. The largest absolute Gasteiger partial charge is 0.462 e. The van der Waals surface area contributed by atoms with Crippen molar-refractivity contribution >= 4 is 28.7 Å². The molecule has 6 nitrogen and oxygen atoms in total. The van der Waals surface area contributed by atoms with Gasteiger partial charge >= 0.3 is 6.09 Å². The zero-order chi connectivity index (χ0) is 22.0. The van der Waals surface area contributed by atoms with Crippen molar-refractivity contribution in [2.75, 3.05) is 13.2 Å². The summed E-state index contributed by atoms with van der Waals surface area (Å²) in [4.78, 5) is 19.0. The molecule has 164 valence electrons. The number of carbonyl (C=O) groups is 1. The Morgan fingerprint density at radius 1 is 1.16 bits per heavy atom. The van der Waals surface area contributed by atoms with E-state index in [1.54, 1.807) is 4.90 Å². The molecule has 2 aromatic carbocycles. The van der Waals surface area contributed by atoms with E-state index in [0.717, 1.165) is 29.4 Å². The van der Waals surface area contributed by atoms with Gasteiger partial charge in [-0.15, -0.1) is 0 Å². The van der Waals surface area contributed by atoms with Crippen LogP contribution in [-0.2, 0) is 11.3 Å². The van der Waals surface area contributed by atoms with Crippen molar-refractivity contribution in [3.05, 3.63) is 59.1 Å². The van der Waals surface area contributed by atoms with Crippen molar-refractivity contribution in [2.24, 2.45) is 0 Å². The van der Waals surface area contributed by atoms with E-state index < -0.39 is 5.60 Å². The van der Waals surface area contributed by atoms with Gasteiger partial charge in [-0.3, -0.25) is 4.57 Å². The second-order valence-electron chi connectivity index (χ2n) is 8.88. The van der Waals surface area contributed by atoms with E-state index in [2.05, 4.69) is 4.57 Å². The summed E-state index contributed by atoms with van der Waals surface area (Å²) in [5.74, 6) is 0. The zero-order valence-electron chi connectivity index (χ0n) is 18.2. The Morgan fingerprint density at radius 3 is 2.65 bits per heavy atom. The second kappa shape index (κ2) is 8.79. The highest BCUT2D eigenvalue weighted by molar-refractivity contribution is 6.30. The van der Waals surface area contributed by atoms with Gasteiger partial charge in [0.15, 0.2) is 0 Å². The number of likely N-dealkylation sites (tertiary alicyclic amines) is 1. The molecule has 1 aliphatic rings. The van der Waals surface area contributed by atoms with Crippen LogP contribution in [0.2, 0.25) is 5.02 Å². The van der Waals surface area contributed by atoms with Crippen LogP contribution in [0.4, 0.5) is 4.79 Å². The van der Waals surface area contributed by atoms with E-state index >= 15 is 0 Å². The molecule has 3 aromatic rings. The molecule has 4 rings (SSSR count). The lowest BCUT2D eigenvalue weighted by Crippen LogP contribution is -2.42. The van der Waals surface area contributed by atoms with Crippen molar-refractivity contribution in [1.29, 1.82) is 0 Å². The Bertz CT molecular complexity index is 1060. The molecule has 2 heterocycles. The smallest absolute Gasteiger partial charge is 0.410 e. The number of amides is 1. The quantitative estimate of drug-likeness (QED) is 0.523. The molecular formula is C24H28ClN3O3. The molecule has 1 fully saturated rings. The molecule has 0 spiro atoms. The minimum Gasteiger partial charge on any atom is -0.462 e. The average Bonchev–Trinajstić information content (AvgIpc) is 3.32. The van der Waals surface area contributed by atoms with E-state index in [1.807, 2.05) is 69.3 Å². The number of nitrogens with zero attached hydrogens (tertiary/aromatic N) is 3. The third-order valence-electron chi connectivity index (χ3n) is 5.28. The van der Waals surface area contributed by atoms with Crippen LogP contribution < -0.4 is 4.74 Å². The van der Waals surface area contributed by atoms with Crippen molar-refractivity contribution in [1.82, 2.24) is 14.5 Å². The summed E-state index contributed by atoms with van der Waals surface area (Å²) in [5.41, 5.74) is 2.47. The van der Waals surface area contributed by atoms with E-state index in [1.165, 1.54) is 0 Å². The van der Waals surface area contributed by atoms with Crippen LogP contribution in [0.1, 0.15) is 39.2 Å². The summed E-state index contributed by atoms with van der Waals surface area (Å²) >= 11 is 6.04.